The third kappa shape index (κ3) is 4.53. The molecule has 0 aromatic heterocycles. The van der Waals surface area contributed by atoms with Crippen molar-refractivity contribution in [2.75, 3.05) is 19.6 Å². The van der Waals surface area contributed by atoms with E-state index < -0.39 is 11.6 Å². The van der Waals surface area contributed by atoms with Crippen LogP contribution in [0, 0.1) is 11.6 Å². The fourth-order valence-electron chi connectivity index (χ4n) is 2.40. The van der Waals surface area contributed by atoms with Gasteiger partial charge in [0, 0.05) is 12.1 Å². The lowest BCUT2D eigenvalue weighted by atomic mass is 10.0. The van der Waals surface area contributed by atoms with Crippen LogP contribution in [0.5, 0.6) is 0 Å². The Labute approximate surface area is 121 Å². The monoisotopic (exact) mass is 284 g/mol. The van der Waals surface area contributed by atoms with E-state index in [1.807, 2.05) is 0 Å². The highest BCUT2D eigenvalue weighted by molar-refractivity contribution is 5.23. The summed E-state index contributed by atoms with van der Waals surface area (Å²) in [5.74, 6) is -1.56. The molecular weight excluding hydrogens is 258 g/mol. The maximum absolute atomic E-state index is 14.0. The molecule has 0 heterocycles. The second-order valence-electron chi connectivity index (χ2n) is 5.14. The molecule has 0 aliphatic heterocycles. The third-order valence-corrected chi connectivity index (χ3v) is 3.60. The first-order valence-electron chi connectivity index (χ1n) is 7.53. The number of hydrogen-bond acceptors (Lipinski definition) is 2. The molecule has 1 rings (SSSR count). The predicted molar refractivity (Wildman–Crippen MR) is 79.5 cm³/mol. The summed E-state index contributed by atoms with van der Waals surface area (Å²) in [6.07, 6.45) is 4.23. The summed E-state index contributed by atoms with van der Waals surface area (Å²) in [6, 6.07) is 4.09. The Kier molecular flexibility index (Phi) is 7.70. The van der Waals surface area contributed by atoms with Gasteiger partial charge in [0.15, 0.2) is 11.6 Å². The van der Waals surface area contributed by atoms with Crippen molar-refractivity contribution < 1.29 is 8.78 Å². The number of unbranched alkanes of at least 4 members (excludes halogenated alkanes) is 2. The van der Waals surface area contributed by atoms with Gasteiger partial charge >= 0.3 is 0 Å². The van der Waals surface area contributed by atoms with Gasteiger partial charge in [-0.05, 0) is 32.0 Å². The average Bonchev–Trinajstić information content (AvgIpc) is 2.46. The molecule has 1 atom stereocenters. The number of benzene rings is 1. The van der Waals surface area contributed by atoms with Crippen LogP contribution in [-0.2, 0) is 0 Å². The molecule has 0 saturated carbocycles. The van der Waals surface area contributed by atoms with Crippen LogP contribution in [0.25, 0.3) is 0 Å². The molecular formula is C16H26F2N2. The maximum atomic E-state index is 14.0. The lowest BCUT2D eigenvalue weighted by Crippen LogP contribution is -2.36. The van der Waals surface area contributed by atoms with E-state index in [0.29, 0.717) is 12.1 Å². The molecule has 0 aliphatic rings. The highest BCUT2D eigenvalue weighted by atomic mass is 19.2. The highest BCUT2D eigenvalue weighted by Crippen LogP contribution is 2.25. The Morgan fingerprint density at radius 1 is 1.10 bits per heavy atom. The quantitative estimate of drug-likeness (QED) is 0.746. The SMILES string of the molecule is CCCCN(CCCC)C(CN)c1cccc(F)c1F. The third-order valence-electron chi connectivity index (χ3n) is 3.60. The molecule has 1 aromatic rings. The first-order valence-corrected chi connectivity index (χ1v) is 7.53. The maximum Gasteiger partial charge on any atom is 0.163 e. The summed E-state index contributed by atoms with van der Waals surface area (Å²) in [4.78, 5) is 2.19. The second kappa shape index (κ2) is 9.03. The zero-order valence-corrected chi connectivity index (χ0v) is 12.5. The van der Waals surface area contributed by atoms with Crippen molar-refractivity contribution in [1.82, 2.24) is 4.90 Å². The number of nitrogens with two attached hydrogens (primary N) is 1. The molecule has 114 valence electrons. The number of halogens is 2. The number of nitrogens with zero attached hydrogens (tertiary/aromatic N) is 1. The number of rotatable bonds is 9. The first kappa shape index (κ1) is 17.1. The van der Waals surface area contributed by atoms with Gasteiger partial charge in [-0.2, -0.15) is 0 Å². The van der Waals surface area contributed by atoms with E-state index in [1.165, 1.54) is 0 Å². The van der Waals surface area contributed by atoms with Crippen molar-refractivity contribution in [3.63, 3.8) is 0 Å². The van der Waals surface area contributed by atoms with E-state index >= 15 is 0 Å². The van der Waals surface area contributed by atoms with Gasteiger partial charge in [0.25, 0.3) is 0 Å². The molecule has 20 heavy (non-hydrogen) atoms. The van der Waals surface area contributed by atoms with Crippen LogP contribution >= 0.6 is 0 Å². The molecule has 0 saturated heterocycles. The topological polar surface area (TPSA) is 29.3 Å². The Morgan fingerprint density at radius 2 is 1.70 bits per heavy atom. The van der Waals surface area contributed by atoms with E-state index in [9.17, 15) is 8.78 Å². The lowest BCUT2D eigenvalue weighted by Gasteiger charge is -2.31. The molecule has 4 heteroatoms. The van der Waals surface area contributed by atoms with Crippen molar-refractivity contribution in [3.05, 3.63) is 35.4 Å². The second-order valence-corrected chi connectivity index (χ2v) is 5.14. The van der Waals surface area contributed by atoms with Crippen LogP contribution in [0.4, 0.5) is 8.78 Å². The van der Waals surface area contributed by atoms with Crippen LogP contribution in [0.1, 0.15) is 51.1 Å². The van der Waals surface area contributed by atoms with Crippen LogP contribution in [0.3, 0.4) is 0 Å². The van der Waals surface area contributed by atoms with Gasteiger partial charge in [0.05, 0.1) is 6.04 Å². The van der Waals surface area contributed by atoms with E-state index in [0.717, 1.165) is 44.8 Å². The average molecular weight is 284 g/mol. The van der Waals surface area contributed by atoms with Crippen molar-refractivity contribution >= 4 is 0 Å². The fourth-order valence-corrected chi connectivity index (χ4v) is 2.40. The van der Waals surface area contributed by atoms with Crippen molar-refractivity contribution in [2.24, 2.45) is 5.73 Å². The smallest absolute Gasteiger partial charge is 0.163 e. The Balaban J connectivity index is 2.95. The van der Waals surface area contributed by atoms with Gasteiger partial charge in [-0.1, -0.05) is 38.8 Å². The number of hydrogen-bond donors (Lipinski definition) is 1. The van der Waals surface area contributed by atoms with Crippen molar-refractivity contribution in [1.29, 1.82) is 0 Å². The zero-order chi connectivity index (χ0) is 15.0. The van der Waals surface area contributed by atoms with E-state index in [4.69, 9.17) is 5.73 Å². The summed E-state index contributed by atoms with van der Waals surface area (Å²) in [5.41, 5.74) is 6.21. The van der Waals surface area contributed by atoms with Gasteiger partial charge < -0.3 is 5.73 Å². The molecule has 1 aromatic carbocycles. The largest absolute Gasteiger partial charge is 0.329 e. The molecule has 0 fully saturated rings. The molecule has 2 nitrogen and oxygen atoms in total. The van der Waals surface area contributed by atoms with Gasteiger partial charge in [0.2, 0.25) is 0 Å². The normalized spacial score (nSPS) is 12.9. The molecule has 1 unspecified atom stereocenters. The van der Waals surface area contributed by atoms with Gasteiger partial charge in [-0.15, -0.1) is 0 Å². The Bertz CT molecular complexity index is 388. The van der Waals surface area contributed by atoms with Crippen LogP contribution in [0.2, 0.25) is 0 Å². The summed E-state index contributed by atoms with van der Waals surface area (Å²) in [6.45, 7) is 6.28. The lowest BCUT2D eigenvalue weighted by molar-refractivity contribution is 0.191. The minimum absolute atomic E-state index is 0.246. The molecule has 0 radical (unpaired) electrons. The van der Waals surface area contributed by atoms with E-state index in [2.05, 4.69) is 18.7 Å². The Morgan fingerprint density at radius 3 is 2.20 bits per heavy atom. The first-order chi connectivity index (χ1) is 9.65. The van der Waals surface area contributed by atoms with Crippen LogP contribution in [-0.4, -0.2) is 24.5 Å². The minimum atomic E-state index is -0.799. The zero-order valence-electron chi connectivity index (χ0n) is 12.5. The summed E-state index contributed by atoms with van der Waals surface area (Å²) in [7, 11) is 0. The molecule has 0 bridgehead atoms. The van der Waals surface area contributed by atoms with Gasteiger partial charge in [-0.3, -0.25) is 4.90 Å². The van der Waals surface area contributed by atoms with Gasteiger partial charge in [-0.25, -0.2) is 8.78 Å². The summed E-state index contributed by atoms with van der Waals surface area (Å²) >= 11 is 0. The van der Waals surface area contributed by atoms with Crippen LogP contribution < -0.4 is 5.73 Å². The van der Waals surface area contributed by atoms with Crippen molar-refractivity contribution in [2.45, 2.75) is 45.6 Å². The molecule has 0 spiro atoms. The highest BCUT2D eigenvalue weighted by Gasteiger charge is 2.22. The minimum Gasteiger partial charge on any atom is -0.329 e. The molecule has 0 amide bonds. The fraction of sp³-hybridized carbons (Fsp3) is 0.625. The standard InChI is InChI=1S/C16H26F2N2/c1-3-5-10-20(11-6-4-2)15(12-19)13-8-7-9-14(17)16(13)18/h7-9,15H,3-6,10-12,19H2,1-2H3. The predicted octanol–water partition coefficient (Wildman–Crippen LogP) is 3.87. The van der Waals surface area contributed by atoms with Gasteiger partial charge in [0.1, 0.15) is 0 Å². The van der Waals surface area contributed by atoms with E-state index in [1.54, 1.807) is 12.1 Å². The summed E-state index contributed by atoms with van der Waals surface area (Å²) in [5, 5.41) is 0. The van der Waals surface area contributed by atoms with E-state index in [-0.39, 0.29) is 6.04 Å². The molecule has 2 N–H and O–H groups in total. The molecule has 0 aliphatic carbocycles. The van der Waals surface area contributed by atoms with Crippen LogP contribution in [0.15, 0.2) is 18.2 Å². The Hall–Kier alpha value is -1.00. The van der Waals surface area contributed by atoms with Crippen molar-refractivity contribution in [3.8, 4) is 0 Å². The summed E-state index contributed by atoms with van der Waals surface area (Å²) < 4.78 is 27.4.